The number of oxime groups is 1. The van der Waals surface area contributed by atoms with Gasteiger partial charge in [0, 0.05) is 11.8 Å². The van der Waals surface area contributed by atoms with Crippen LogP contribution in [0.3, 0.4) is 0 Å². The number of fused-ring (bicyclic) bond motifs is 1. The molecule has 15 heteroatoms. The molecule has 3 heterocycles. The van der Waals surface area contributed by atoms with Crippen molar-refractivity contribution in [2.75, 3.05) is 19.8 Å². The van der Waals surface area contributed by atoms with Gasteiger partial charge in [0.2, 0.25) is 6.29 Å². The van der Waals surface area contributed by atoms with Gasteiger partial charge in [-0.25, -0.2) is 4.99 Å². The summed E-state index contributed by atoms with van der Waals surface area (Å²) in [5.41, 5.74) is 8.19. The predicted octanol–water partition coefficient (Wildman–Crippen LogP) is -2.61. The Labute approximate surface area is 176 Å². The van der Waals surface area contributed by atoms with E-state index in [1.165, 1.54) is 0 Å². The van der Waals surface area contributed by atoms with Gasteiger partial charge in [-0.15, -0.1) is 0 Å². The van der Waals surface area contributed by atoms with Gasteiger partial charge in [0.1, 0.15) is 55.4 Å². The minimum absolute atomic E-state index is 0.0250. The second-order valence-corrected chi connectivity index (χ2v) is 7.06. The Morgan fingerprint density at radius 2 is 1.94 bits per heavy atom. The van der Waals surface area contributed by atoms with Crippen molar-refractivity contribution >= 4 is 12.1 Å². The summed E-state index contributed by atoms with van der Waals surface area (Å²) >= 11 is 0. The summed E-state index contributed by atoms with van der Waals surface area (Å²) in [5, 5.41) is 57.7. The molecular weight excluding hydrogens is 422 g/mol. The minimum atomic E-state index is -1.68. The van der Waals surface area contributed by atoms with Crippen LogP contribution >= 0.6 is 0 Å². The molecule has 0 unspecified atom stereocenters. The second-order valence-electron chi connectivity index (χ2n) is 7.06. The number of ether oxygens (including phenoxy) is 4. The summed E-state index contributed by atoms with van der Waals surface area (Å²) in [7, 11) is 0. The molecular formula is C16H25N5O10. The third kappa shape index (κ3) is 5.23. The van der Waals surface area contributed by atoms with Crippen LogP contribution in [-0.4, -0.2) is 119 Å². The number of aliphatic hydroxyl groups is 5. The zero-order valence-corrected chi connectivity index (χ0v) is 16.5. The van der Waals surface area contributed by atoms with Crippen LogP contribution in [0.1, 0.15) is 6.92 Å². The fourth-order valence-electron chi connectivity index (χ4n) is 3.41. The van der Waals surface area contributed by atoms with E-state index < -0.39 is 68.0 Å². The van der Waals surface area contributed by atoms with Gasteiger partial charge in [0.15, 0.2) is 12.2 Å². The van der Waals surface area contributed by atoms with E-state index >= 15 is 0 Å². The molecule has 31 heavy (non-hydrogen) atoms. The van der Waals surface area contributed by atoms with Crippen LogP contribution in [0.2, 0.25) is 0 Å². The van der Waals surface area contributed by atoms with Crippen LogP contribution in [0.15, 0.2) is 15.3 Å². The average molecular weight is 447 g/mol. The second kappa shape index (κ2) is 10.5. The number of hydrogen-bond acceptors (Lipinski definition) is 13. The Morgan fingerprint density at radius 3 is 2.65 bits per heavy atom. The molecule has 0 amide bonds. The maximum absolute atomic E-state index is 10.7. The molecule has 2 fully saturated rings. The molecule has 0 aromatic rings. The molecule has 5 N–H and O–H groups in total. The number of azide groups is 1. The highest BCUT2D eigenvalue weighted by Crippen LogP contribution is 2.32. The highest BCUT2D eigenvalue weighted by atomic mass is 16.7. The highest BCUT2D eigenvalue weighted by molar-refractivity contribution is 5.75. The van der Waals surface area contributed by atoms with Gasteiger partial charge in [0.25, 0.3) is 0 Å². The summed E-state index contributed by atoms with van der Waals surface area (Å²) in [6, 6.07) is -0.814. The first-order valence-electron chi connectivity index (χ1n) is 9.54. The van der Waals surface area contributed by atoms with Gasteiger partial charge in [-0.1, -0.05) is 10.3 Å². The number of aliphatic imine (C=N–C) groups is 1. The Balaban J connectivity index is 1.67. The summed E-state index contributed by atoms with van der Waals surface area (Å²) in [5.74, 6) is 0.302. The Kier molecular flexibility index (Phi) is 7.99. The summed E-state index contributed by atoms with van der Waals surface area (Å²) in [6.45, 7) is 1.06. The van der Waals surface area contributed by atoms with Crippen LogP contribution in [0.25, 0.3) is 10.4 Å². The van der Waals surface area contributed by atoms with Crippen molar-refractivity contribution < 1.29 is 49.3 Å². The lowest BCUT2D eigenvalue weighted by molar-refractivity contribution is -0.330. The third-order valence-electron chi connectivity index (χ3n) is 4.96. The first kappa shape index (κ1) is 23.6. The van der Waals surface area contributed by atoms with Crippen molar-refractivity contribution in [3.05, 3.63) is 10.4 Å². The normalized spacial score (nSPS) is 42.5. The minimum Gasteiger partial charge on any atom is -0.450 e. The molecule has 3 rings (SSSR count). The zero-order chi connectivity index (χ0) is 22.5. The van der Waals surface area contributed by atoms with Crippen molar-refractivity contribution in [1.29, 1.82) is 0 Å². The van der Waals surface area contributed by atoms with Crippen LogP contribution in [0, 0.1) is 0 Å². The SMILES string of the molecule is CC1=N[C@H]2[C@@H](O1)O[C@H](CO)[C@@H](O[C@@H]1O[C@H](/C=N/OCCN=[N+]=[N-])[C@H](O)[C@H](O)[C@H]1O)[C@@H]2O. The van der Waals surface area contributed by atoms with Gasteiger partial charge in [-0.05, 0) is 5.53 Å². The first-order chi connectivity index (χ1) is 14.9. The summed E-state index contributed by atoms with van der Waals surface area (Å²) in [6.07, 6.45) is -11.0. The summed E-state index contributed by atoms with van der Waals surface area (Å²) in [4.78, 5) is 11.5. The van der Waals surface area contributed by atoms with E-state index in [1.54, 1.807) is 6.92 Å². The molecule has 2 saturated heterocycles. The van der Waals surface area contributed by atoms with Crippen molar-refractivity contribution in [2.24, 2.45) is 15.3 Å². The van der Waals surface area contributed by atoms with E-state index in [-0.39, 0.29) is 13.2 Å². The molecule has 0 bridgehead atoms. The predicted molar refractivity (Wildman–Crippen MR) is 99.7 cm³/mol. The van der Waals surface area contributed by atoms with Crippen molar-refractivity contribution in [2.45, 2.75) is 68.3 Å². The van der Waals surface area contributed by atoms with E-state index in [1.807, 2.05) is 0 Å². The number of aliphatic hydroxyl groups excluding tert-OH is 5. The van der Waals surface area contributed by atoms with Crippen LogP contribution in [0.5, 0.6) is 0 Å². The molecule has 0 radical (unpaired) electrons. The fourth-order valence-corrected chi connectivity index (χ4v) is 3.41. The molecule has 3 aliphatic heterocycles. The Hall–Kier alpha value is -2.07. The Morgan fingerprint density at radius 1 is 1.16 bits per heavy atom. The lowest BCUT2D eigenvalue weighted by Gasteiger charge is -2.44. The lowest BCUT2D eigenvalue weighted by atomic mass is 9.96. The molecule has 0 saturated carbocycles. The molecule has 0 aromatic heterocycles. The standard InChI is InChI=1S/C16H25N5O10/c1-6-20-9-11(24)14(8(5-22)30-15(9)28-6)31-16-13(26)12(25)10(23)7(29-16)4-19-27-3-2-18-21-17/h4,7-16,22-26H,2-3,5H2,1H3/b19-4+/t7-,8-,9-,10+,11-,12+,13-,14-,15+,16+/m1/s1. The van der Waals surface area contributed by atoms with Crippen LogP contribution in [-0.2, 0) is 23.8 Å². The van der Waals surface area contributed by atoms with E-state index in [0.29, 0.717) is 5.90 Å². The van der Waals surface area contributed by atoms with E-state index in [9.17, 15) is 25.5 Å². The number of rotatable bonds is 8. The molecule has 10 atom stereocenters. The molecule has 0 spiro atoms. The highest BCUT2D eigenvalue weighted by Gasteiger charge is 2.52. The number of nitrogens with zero attached hydrogens (tertiary/aromatic N) is 5. The molecule has 0 aliphatic carbocycles. The smallest absolute Gasteiger partial charge is 0.227 e. The number of hydrogen-bond donors (Lipinski definition) is 5. The molecule has 15 nitrogen and oxygen atoms in total. The monoisotopic (exact) mass is 447 g/mol. The average Bonchev–Trinajstić information content (AvgIpc) is 3.14. The van der Waals surface area contributed by atoms with Gasteiger partial charge < -0.3 is 49.3 Å². The van der Waals surface area contributed by atoms with Gasteiger partial charge in [-0.2, -0.15) is 0 Å². The molecule has 0 aromatic carbocycles. The third-order valence-corrected chi connectivity index (χ3v) is 4.96. The van der Waals surface area contributed by atoms with E-state index in [4.69, 9.17) is 29.3 Å². The summed E-state index contributed by atoms with van der Waals surface area (Å²) < 4.78 is 22.0. The van der Waals surface area contributed by atoms with Crippen molar-refractivity contribution in [1.82, 2.24) is 0 Å². The molecule has 3 aliphatic rings. The van der Waals surface area contributed by atoms with E-state index in [0.717, 1.165) is 6.21 Å². The fraction of sp³-hybridized carbons (Fsp3) is 0.875. The maximum Gasteiger partial charge on any atom is 0.227 e. The van der Waals surface area contributed by atoms with Gasteiger partial charge >= 0.3 is 0 Å². The lowest BCUT2D eigenvalue weighted by Crippen LogP contribution is -2.63. The quantitative estimate of drug-likeness (QED) is 0.0651. The molecule has 174 valence electrons. The van der Waals surface area contributed by atoms with Crippen molar-refractivity contribution in [3.8, 4) is 0 Å². The van der Waals surface area contributed by atoms with Gasteiger partial charge in [0.05, 0.1) is 19.4 Å². The first-order valence-corrected chi connectivity index (χ1v) is 9.54. The Bertz CT molecular complexity index is 719. The topological polar surface area (TPSA) is 221 Å². The van der Waals surface area contributed by atoms with Gasteiger partial charge in [-0.3, -0.25) is 0 Å². The largest absolute Gasteiger partial charge is 0.450 e. The van der Waals surface area contributed by atoms with E-state index in [2.05, 4.69) is 20.2 Å². The maximum atomic E-state index is 10.7. The van der Waals surface area contributed by atoms with Crippen molar-refractivity contribution in [3.63, 3.8) is 0 Å². The van der Waals surface area contributed by atoms with Crippen LogP contribution in [0.4, 0.5) is 0 Å². The zero-order valence-electron chi connectivity index (χ0n) is 16.5. The van der Waals surface area contributed by atoms with Crippen LogP contribution < -0.4 is 0 Å².